The zero-order chi connectivity index (χ0) is 19.8. The van der Waals surface area contributed by atoms with E-state index in [0.29, 0.717) is 23.9 Å². The van der Waals surface area contributed by atoms with E-state index in [-0.39, 0.29) is 12.4 Å². The molecule has 1 heterocycles. The van der Waals surface area contributed by atoms with E-state index in [2.05, 4.69) is 20.8 Å². The second-order valence-corrected chi connectivity index (χ2v) is 7.41. The predicted octanol–water partition coefficient (Wildman–Crippen LogP) is 0.337. The van der Waals surface area contributed by atoms with E-state index < -0.39 is 0 Å². The van der Waals surface area contributed by atoms with E-state index in [9.17, 15) is 0 Å². The Kier molecular flexibility index (Phi) is 9.53. The summed E-state index contributed by atoms with van der Waals surface area (Å²) in [6.45, 7) is 1.84. The molecule has 10 heteroatoms. The van der Waals surface area contributed by atoms with Gasteiger partial charge < -0.3 is 27.2 Å². The highest BCUT2D eigenvalue weighted by Crippen LogP contribution is 2.32. The van der Waals surface area contributed by atoms with Crippen molar-refractivity contribution in [3.8, 4) is 11.5 Å². The van der Waals surface area contributed by atoms with Gasteiger partial charge in [-0.2, -0.15) is 0 Å². The van der Waals surface area contributed by atoms with Crippen LogP contribution < -0.4 is 27.2 Å². The fraction of sp³-hybridized carbons (Fsp3) is 0.316. The Balaban J connectivity index is 0.00000300. The zero-order valence-electron chi connectivity index (χ0n) is 16.1. The summed E-state index contributed by atoms with van der Waals surface area (Å²) in [5, 5.41) is 16.3. The average Bonchev–Trinajstić information content (AvgIpc) is 3.12. The molecule has 0 spiro atoms. The number of para-hydroxylation sites is 1. The Labute approximate surface area is 185 Å². The molecular formula is C19H22Cl2N5O2S-. The Morgan fingerprint density at radius 1 is 1.14 bits per heavy atom. The monoisotopic (exact) mass is 454 g/mol. The minimum atomic E-state index is 0. The summed E-state index contributed by atoms with van der Waals surface area (Å²) in [5.74, 6) is 2.28. The second kappa shape index (κ2) is 11.9. The van der Waals surface area contributed by atoms with Gasteiger partial charge in [-0.1, -0.05) is 53.7 Å². The van der Waals surface area contributed by atoms with Crippen molar-refractivity contribution in [1.29, 1.82) is 0 Å². The Morgan fingerprint density at radius 3 is 2.66 bits per heavy atom. The van der Waals surface area contributed by atoms with Crippen LogP contribution in [0, 0.1) is 0 Å². The molecule has 0 fully saturated rings. The van der Waals surface area contributed by atoms with Crippen LogP contribution >= 0.6 is 23.4 Å². The minimum absolute atomic E-state index is 0. The van der Waals surface area contributed by atoms with Gasteiger partial charge in [0.05, 0.1) is 7.11 Å². The number of tetrazole rings is 1. The molecule has 0 radical (unpaired) electrons. The zero-order valence-corrected chi connectivity index (χ0v) is 18.5. The number of benzene rings is 2. The molecule has 0 amide bonds. The summed E-state index contributed by atoms with van der Waals surface area (Å²) in [6, 6.07) is 13.5. The number of rotatable bonds is 10. The maximum atomic E-state index is 6.23. The minimum Gasteiger partial charge on any atom is -1.00 e. The number of hydrogen-bond acceptors (Lipinski definition) is 7. The summed E-state index contributed by atoms with van der Waals surface area (Å²) < 4.78 is 13.2. The Hall–Kier alpha value is -2.00. The predicted molar refractivity (Wildman–Crippen MR) is 110 cm³/mol. The van der Waals surface area contributed by atoms with Crippen LogP contribution in [0.15, 0.2) is 47.6 Å². The number of nitrogens with zero attached hydrogens (tertiary/aromatic N) is 4. The third kappa shape index (κ3) is 6.50. The van der Waals surface area contributed by atoms with Crippen LogP contribution in [0.1, 0.15) is 11.1 Å². The van der Waals surface area contributed by atoms with Crippen molar-refractivity contribution in [2.45, 2.75) is 18.3 Å². The Bertz CT molecular complexity index is 910. The number of methoxy groups -OCH3 is 1. The summed E-state index contributed by atoms with van der Waals surface area (Å²) in [7, 11) is 3.47. The lowest BCUT2D eigenvalue weighted by molar-refractivity contribution is -0.00000636. The van der Waals surface area contributed by atoms with Crippen molar-refractivity contribution in [3.05, 3.63) is 58.6 Å². The maximum absolute atomic E-state index is 6.23. The van der Waals surface area contributed by atoms with Gasteiger partial charge in [0.2, 0.25) is 5.16 Å². The van der Waals surface area contributed by atoms with Gasteiger partial charge in [-0.3, -0.25) is 0 Å². The fourth-order valence-corrected chi connectivity index (χ4v) is 3.51. The van der Waals surface area contributed by atoms with Gasteiger partial charge in [0.1, 0.15) is 6.61 Å². The van der Waals surface area contributed by atoms with Crippen molar-refractivity contribution in [2.75, 3.05) is 19.4 Å². The smallest absolute Gasteiger partial charge is 0.209 e. The van der Waals surface area contributed by atoms with Crippen LogP contribution in [0.25, 0.3) is 0 Å². The van der Waals surface area contributed by atoms with Gasteiger partial charge in [0.25, 0.3) is 0 Å². The molecule has 3 rings (SSSR count). The van der Waals surface area contributed by atoms with E-state index in [1.54, 1.807) is 23.6 Å². The molecule has 0 bridgehead atoms. The van der Waals surface area contributed by atoms with E-state index in [0.717, 1.165) is 34.3 Å². The van der Waals surface area contributed by atoms with Gasteiger partial charge in [-0.05, 0) is 22.6 Å². The van der Waals surface area contributed by atoms with Crippen molar-refractivity contribution in [1.82, 2.24) is 25.5 Å². The van der Waals surface area contributed by atoms with E-state index >= 15 is 0 Å². The SMILES string of the molecule is COc1cccc(CNCCSc2nnnn2C)c1OCc1ccccc1Cl.[Cl-]. The van der Waals surface area contributed by atoms with Crippen LogP contribution in [0.4, 0.5) is 0 Å². The molecule has 0 saturated heterocycles. The molecule has 7 nitrogen and oxygen atoms in total. The van der Waals surface area contributed by atoms with Crippen molar-refractivity contribution >= 4 is 23.4 Å². The number of nitrogens with one attached hydrogen (secondary N) is 1. The van der Waals surface area contributed by atoms with Gasteiger partial charge in [-0.15, -0.1) is 5.10 Å². The fourth-order valence-electron chi connectivity index (χ4n) is 2.57. The van der Waals surface area contributed by atoms with E-state index in [1.165, 1.54) is 0 Å². The first-order valence-electron chi connectivity index (χ1n) is 8.77. The maximum Gasteiger partial charge on any atom is 0.209 e. The largest absolute Gasteiger partial charge is 1.00 e. The third-order valence-corrected chi connectivity index (χ3v) is 5.40. The van der Waals surface area contributed by atoms with Crippen LogP contribution in [-0.2, 0) is 20.2 Å². The molecular weight excluding hydrogens is 433 g/mol. The van der Waals surface area contributed by atoms with Crippen LogP contribution in [0.5, 0.6) is 11.5 Å². The first kappa shape index (κ1) is 23.3. The lowest BCUT2D eigenvalue weighted by atomic mass is 10.1. The number of aryl methyl sites for hydroxylation is 1. The highest BCUT2D eigenvalue weighted by molar-refractivity contribution is 7.99. The topological polar surface area (TPSA) is 74.1 Å². The van der Waals surface area contributed by atoms with Gasteiger partial charge in [0.15, 0.2) is 11.5 Å². The van der Waals surface area contributed by atoms with E-state index in [1.807, 2.05) is 49.5 Å². The molecule has 0 atom stereocenters. The van der Waals surface area contributed by atoms with Crippen LogP contribution in [-0.4, -0.2) is 39.6 Å². The summed E-state index contributed by atoms with van der Waals surface area (Å²) in [4.78, 5) is 0. The van der Waals surface area contributed by atoms with Crippen molar-refractivity contribution < 1.29 is 21.9 Å². The first-order chi connectivity index (χ1) is 13.7. The highest BCUT2D eigenvalue weighted by Gasteiger charge is 2.12. The first-order valence-corrected chi connectivity index (χ1v) is 10.1. The average molecular weight is 455 g/mol. The number of hydrogen-bond donors (Lipinski definition) is 1. The van der Waals surface area contributed by atoms with E-state index in [4.69, 9.17) is 21.1 Å². The van der Waals surface area contributed by atoms with Crippen LogP contribution in [0.3, 0.4) is 0 Å². The van der Waals surface area contributed by atoms with Gasteiger partial charge >= 0.3 is 0 Å². The summed E-state index contributed by atoms with van der Waals surface area (Å²) >= 11 is 7.84. The van der Waals surface area contributed by atoms with Gasteiger partial charge in [0, 0.05) is 42.0 Å². The van der Waals surface area contributed by atoms with Crippen molar-refractivity contribution in [3.63, 3.8) is 0 Å². The Morgan fingerprint density at radius 2 is 1.93 bits per heavy atom. The third-order valence-electron chi connectivity index (χ3n) is 4.02. The molecule has 2 aromatic carbocycles. The molecule has 0 unspecified atom stereocenters. The quantitative estimate of drug-likeness (QED) is 0.349. The normalized spacial score (nSPS) is 10.4. The molecule has 0 aliphatic heterocycles. The standard InChI is InChI=1S/C19H22ClN5O2S.ClH/c1-25-19(22-23-24-25)28-11-10-21-12-14-7-5-9-17(26-2)18(14)27-13-15-6-3-4-8-16(15)20;/h3-9,21H,10-13H2,1-2H3;1H/p-1. The van der Waals surface area contributed by atoms with Gasteiger partial charge in [-0.25, -0.2) is 4.68 Å². The number of ether oxygens (including phenoxy) is 2. The molecule has 0 aliphatic rings. The molecule has 156 valence electrons. The summed E-state index contributed by atoms with van der Waals surface area (Å²) in [5.41, 5.74) is 1.96. The number of halogens is 2. The lowest BCUT2D eigenvalue weighted by Gasteiger charge is -2.16. The molecule has 3 aromatic rings. The summed E-state index contributed by atoms with van der Waals surface area (Å²) in [6.07, 6.45) is 0. The number of thioether (sulfide) groups is 1. The highest BCUT2D eigenvalue weighted by atomic mass is 35.5. The molecule has 0 aliphatic carbocycles. The molecule has 0 saturated carbocycles. The van der Waals surface area contributed by atoms with Crippen LogP contribution in [0.2, 0.25) is 5.02 Å². The lowest BCUT2D eigenvalue weighted by Crippen LogP contribution is -3.00. The molecule has 1 aromatic heterocycles. The molecule has 29 heavy (non-hydrogen) atoms. The number of aromatic nitrogens is 4. The molecule has 1 N–H and O–H groups in total. The van der Waals surface area contributed by atoms with Crippen molar-refractivity contribution in [2.24, 2.45) is 7.05 Å². The second-order valence-electron chi connectivity index (χ2n) is 5.94.